The van der Waals surface area contributed by atoms with Gasteiger partial charge in [0.15, 0.2) is 5.69 Å². The number of benzene rings is 1. The maximum atomic E-state index is 14.3. The third-order valence-corrected chi connectivity index (χ3v) is 3.73. The molecule has 0 aliphatic rings. The summed E-state index contributed by atoms with van der Waals surface area (Å²) in [7, 11) is 1.20. The molecule has 2 aromatic heterocycles. The number of anilines is 1. The van der Waals surface area contributed by atoms with Crippen molar-refractivity contribution in [2.24, 2.45) is 7.05 Å². The van der Waals surface area contributed by atoms with Gasteiger partial charge < -0.3 is 5.32 Å². The predicted molar refractivity (Wildman–Crippen MR) is 99.2 cm³/mol. The van der Waals surface area contributed by atoms with Crippen molar-refractivity contribution in [1.82, 2.24) is 14.8 Å². The SMILES string of the molecule is CC.Cn1nc(C(F)(F)F)cc1-c1ccc(NC(=O)c2c(F)cccc2F)nc1F.[HH]. The van der Waals surface area contributed by atoms with Crippen LogP contribution in [0.15, 0.2) is 36.4 Å². The topological polar surface area (TPSA) is 59.8 Å². The Balaban J connectivity index is 0.00000156. The van der Waals surface area contributed by atoms with E-state index in [9.17, 15) is 31.1 Å². The van der Waals surface area contributed by atoms with Crippen LogP contribution in [-0.4, -0.2) is 20.7 Å². The molecule has 11 heteroatoms. The molecule has 0 radical (unpaired) electrons. The third kappa shape index (κ3) is 4.78. The number of aryl methyl sites for hydroxylation is 1. The molecule has 0 bridgehead atoms. The molecule has 162 valence electrons. The molecule has 1 amide bonds. The molecule has 3 aromatic rings. The first kappa shape index (κ1) is 22.9. The fourth-order valence-electron chi connectivity index (χ4n) is 2.45. The number of carbonyl (C=O) groups excluding carboxylic acids is 1. The number of hydrogen-bond donors (Lipinski definition) is 1. The van der Waals surface area contributed by atoms with Gasteiger partial charge in [-0.05, 0) is 30.3 Å². The molecular formula is C19H18F6N4O. The highest BCUT2D eigenvalue weighted by Crippen LogP contribution is 2.32. The smallest absolute Gasteiger partial charge is 0.306 e. The molecule has 0 saturated carbocycles. The van der Waals surface area contributed by atoms with Gasteiger partial charge in [0.05, 0.1) is 11.3 Å². The lowest BCUT2D eigenvalue weighted by Gasteiger charge is -2.08. The van der Waals surface area contributed by atoms with Crippen LogP contribution in [0.25, 0.3) is 11.3 Å². The van der Waals surface area contributed by atoms with Crippen LogP contribution in [0, 0.1) is 17.6 Å². The summed E-state index contributed by atoms with van der Waals surface area (Å²) in [5, 5.41) is 5.30. The Hall–Kier alpha value is -3.37. The van der Waals surface area contributed by atoms with Crippen molar-refractivity contribution in [3.05, 3.63) is 65.2 Å². The van der Waals surface area contributed by atoms with Crippen molar-refractivity contribution in [3.8, 4) is 11.3 Å². The van der Waals surface area contributed by atoms with Crippen molar-refractivity contribution in [3.63, 3.8) is 0 Å². The summed E-state index contributed by atoms with van der Waals surface area (Å²) in [5.74, 6) is -5.03. The molecule has 30 heavy (non-hydrogen) atoms. The highest BCUT2D eigenvalue weighted by Gasteiger charge is 2.35. The van der Waals surface area contributed by atoms with E-state index < -0.39 is 40.9 Å². The minimum atomic E-state index is -4.71. The highest BCUT2D eigenvalue weighted by molar-refractivity contribution is 6.04. The monoisotopic (exact) mass is 432 g/mol. The maximum absolute atomic E-state index is 14.3. The number of carbonyl (C=O) groups is 1. The summed E-state index contributed by atoms with van der Waals surface area (Å²) < 4.78 is 80.6. The molecule has 0 atom stereocenters. The Morgan fingerprint density at radius 1 is 1.07 bits per heavy atom. The molecule has 1 N–H and O–H groups in total. The first-order valence-corrected chi connectivity index (χ1v) is 8.61. The number of amides is 1. The van der Waals surface area contributed by atoms with Gasteiger partial charge in [0.2, 0.25) is 5.95 Å². The van der Waals surface area contributed by atoms with Gasteiger partial charge in [-0.25, -0.2) is 13.8 Å². The van der Waals surface area contributed by atoms with Crippen LogP contribution in [0.2, 0.25) is 0 Å². The van der Waals surface area contributed by atoms with Crippen molar-refractivity contribution >= 4 is 11.7 Å². The lowest BCUT2D eigenvalue weighted by atomic mass is 10.1. The van der Waals surface area contributed by atoms with Gasteiger partial charge >= 0.3 is 6.18 Å². The highest BCUT2D eigenvalue weighted by atomic mass is 19.4. The van der Waals surface area contributed by atoms with E-state index >= 15 is 0 Å². The molecule has 0 spiro atoms. The summed E-state index contributed by atoms with van der Waals surface area (Å²) in [5.41, 5.74) is -2.59. The predicted octanol–water partition coefficient (Wildman–Crippen LogP) is 5.44. The van der Waals surface area contributed by atoms with E-state index in [2.05, 4.69) is 10.1 Å². The maximum Gasteiger partial charge on any atom is 0.435 e. The van der Waals surface area contributed by atoms with E-state index in [4.69, 9.17) is 0 Å². The second kappa shape index (κ2) is 8.97. The molecule has 0 aliphatic heterocycles. The molecule has 5 nitrogen and oxygen atoms in total. The molecule has 0 saturated heterocycles. The van der Waals surface area contributed by atoms with Gasteiger partial charge in [-0.1, -0.05) is 19.9 Å². The van der Waals surface area contributed by atoms with Gasteiger partial charge in [0, 0.05) is 8.47 Å². The van der Waals surface area contributed by atoms with E-state index in [0.29, 0.717) is 6.07 Å². The number of rotatable bonds is 3. The first-order valence-electron chi connectivity index (χ1n) is 8.61. The normalized spacial score (nSPS) is 11.0. The van der Waals surface area contributed by atoms with Crippen molar-refractivity contribution in [2.75, 3.05) is 5.32 Å². The molecule has 2 heterocycles. The Morgan fingerprint density at radius 3 is 2.17 bits per heavy atom. The van der Waals surface area contributed by atoms with Crippen molar-refractivity contribution in [1.29, 1.82) is 0 Å². The number of halogens is 6. The molecule has 0 aliphatic carbocycles. The van der Waals surface area contributed by atoms with Gasteiger partial charge in [-0.15, -0.1) is 0 Å². The quantitative estimate of drug-likeness (QED) is 0.443. The molecule has 3 rings (SSSR count). The minimum absolute atomic E-state index is 0. The Kier molecular flexibility index (Phi) is 6.85. The summed E-state index contributed by atoms with van der Waals surface area (Å²) in [6.07, 6.45) is -4.71. The standard InChI is InChI=1S/C17H10F6N4O.C2H6.H2/c1-27-11(7-12(26-27)17(21,22)23)8-5-6-13(24-15(8)20)25-16(28)14-9(18)3-2-4-10(14)19;1-2;/h2-7H,1H3,(H,24,25,28);1-2H3;1H. The van der Waals surface area contributed by atoms with Crippen LogP contribution >= 0.6 is 0 Å². The van der Waals surface area contributed by atoms with Gasteiger partial charge in [0.25, 0.3) is 5.91 Å². The fourth-order valence-corrected chi connectivity index (χ4v) is 2.45. The molecule has 0 fully saturated rings. The van der Waals surface area contributed by atoms with Gasteiger partial charge in [0.1, 0.15) is 23.0 Å². The fraction of sp³-hybridized carbons (Fsp3) is 0.211. The van der Waals surface area contributed by atoms with Crippen LogP contribution in [0.3, 0.4) is 0 Å². The number of aromatic nitrogens is 3. The Bertz CT molecular complexity index is 1050. The molecule has 0 unspecified atom stereocenters. The Labute approximate surface area is 168 Å². The van der Waals surface area contributed by atoms with Crippen LogP contribution < -0.4 is 5.32 Å². The number of nitrogens with zero attached hydrogens (tertiary/aromatic N) is 3. The van der Waals surface area contributed by atoms with Crippen molar-refractivity contribution in [2.45, 2.75) is 20.0 Å². The van der Waals surface area contributed by atoms with E-state index in [1.54, 1.807) is 0 Å². The second-order valence-corrected chi connectivity index (χ2v) is 5.62. The van der Waals surface area contributed by atoms with Gasteiger partial charge in [-0.3, -0.25) is 9.48 Å². The van der Waals surface area contributed by atoms with Crippen LogP contribution in [0.5, 0.6) is 0 Å². The van der Waals surface area contributed by atoms with E-state index in [-0.39, 0.29) is 18.5 Å². The second-order valence-electron chi connectivity index (χ2n) is 5.62. The third-order valence-electron chi connectivity index (χ3n) is 3.73. The number of pyridine rings is 1. The van der Waals surface area contributed by atoms with Crippen LogP contribution in [-0.2, 0) is 13.2 Å². The average molecular weight is 432 g/mol. The summed E-state index contributed by atoms with van der Waals surface area (Å²) in [4.78, 5) is 15.4. The Morgan fingerprint density at radius 2 is 1.67 bits per heavy atom. The zero-order chi connectivity index (χ0) is 22.6. The molecular weight excluding hydrogens is 414 g/mol. The lowest BCUT2D eigenvalue weighted by Crippen LogP contribution is -2.17. The van der Waals surface area contributed by atoms with E-state index in [1.807, 2.05) is 19.2 Å². The van der Waals surface area contributed by atoms with E-state index in [1.165, 1.54) is 7.05 Å². The summed E-state index contributed by atoms with van der Waals surface area (Å²) >= 11 is 0. The van der Waals surface area contributed by atoms with Crippen molar-refractivity contribution < 1.29 is 32.6 Å². The average Bonchev–Trinajstić information content (AvgIpc) is 3.05. The largest absolute Gasteiger partial charge is 0.435 e. The van der Waals surface area contributed by atoms with E-state index in [0.717, 1.165) is 35.0 Å². The zero-order valence-corrected chi connectivity index (χ0v) is 16.0. The number of nitrogens with one attached hydrogen (secondary N) is 1. The van der Waals surface area contributed by atoms with Gasteiger partial charge in [-0.2, -0.15) is 22.7 Å². The zero-order valence-electron chi connectivity index (χ0n) is 16.0. The minimum Gasteiger partial charge on any atom is -0.306 e. The summed E-state index contributed by atoms with van der Waals surface area (Å²) in [6.45, 7) is 4.00. The lowest BCUT2D eigenvalue weighted by molar-refractivity contribution is -0.141. The number of hydrogen-bond acceptors (Lipinski definition) is 3. The summed E-state index contributed by atoms with van der Waals surface area (Å²) in [6, 6.07) is 5.60. The van der Waals surface area contributed by atoms with Crippen LogP contribution in [0.4, 0.5) is 32.2 Å². The van der Waals surface area contributed by atoms with Crippen LogP contribution in [0.1, 0.15) is 31.3 Å². The number of alkyl halides is 3. The molecule has 1 aromatic carbocycles. The first-order chi connectivity index (χ1) is 14.1.